The Hall–Kier alpha value is -3.72. The Bertz CT molecular complexity index is 957. The highest BCUT2D eigenvalue weighted by Gasteiger charge is 2.08. The summed E-state index contributed by atoms with van der Waals surface area (Å²) in [7, 11) is 0. The number of aromatic nitrogens is 2. The minimum Gasteiger partial charge on any atom is -0.395 e. The molecule has 6 heteroatoms. The van der Waals surface area contributed by atoms with E-state index < -0.39 is 0 Å². The monoisotopic (exact) mass is 328 g/mol. The van der Waals surface area contributed by atoms with Crippen molar-refractivity contribution < 1.29 is 0 Å². The number of hydrogen-bond acceptors (Lipinski definition) is 6. The maximum absolute atomic E-state index is 9.04. The zero-order chi connectivity index (χ0) is 17.6. The second kappa shape index (κ2) is 7.23. The number of nitrogens with two attached hydrogens (primary N) is 2. The number of nitrogens with zero attached hydrogens (tertiary/aromatic N) is 4. The molecule has 0 bridgehead atoms. The van der Waals surface area contributed by atoms with Crippen LogP contribution in [0.2, 0.25) is 0 Å². The molecule has 0 aliphatic heterocycles. The molecule has 0 saturated carbocycles. The fourth-order valence-corrected chi connectivity index (χ4v) is 2.33. The van der Waals surface area contributed by atoms with Crippen molar-refractivity contribution in [3.05, 3.63) is 71.5 Å². The van der Waals surface area contributed by atoms with Crippen LogP contribution in [0, 0.1) is 11.3 Å². The molecule has 0 fully saturated rings. The van der Waals surface area contributed by atoms with Gasteiger partial charge in [0.25, 0.3) is 0 Å². The van der Waals surface area contributed by atoms with Crippen LogP contribution >= 0.6 is 0 Å². The third-order valence-corrected chi connectivity index (χ3v) is 3.62. The lowest BCUT2D eigenvalue weighted by Crippen LogP contribution is -2.04. The van der Waals surface area contributed by atoms with E-state index in [1.807, 2.05) is 30.3 Å². The number of hydrogen-bond donors (Lipinski definition) is 2. The van der Waals surface area contributed by atoms with Gasteiger partial charge in [0.05, 0.1) is 35.3 Å². The zero-order valence-electron chi connectivity index (χ0n) is 13.4. The molecule has 0 amide bonds. The van der Waals surface area contributed by atoms with E-state index in [1.165, 1.54) is 0 Å². The van der Waals surface area contributed by atoms with Crippen molar-refractivity contribution in [2.24, 2.45) is 4.99 Å². The maximum Gasteiger partial charge on any atom is 0.147 e. The van der Waals surface area contributed by atoms with Gasteiger partial charge in [0.1, 0.15) is 5.82 Å². The number of rotatable bonds is 4. The Balaban J connectivity index is 1.92. The summed E-state index contributed by atoms with van der Waals surface area (Å²) in [5.41, 5.74) is 15.9. The molecule has 0 radical (unpaired) electrons. The van der Waals surface area contributed by atoms with Crippen LogP contribution in [-0.2, 0) is 6.54 Å². The Labute approximate surface area is 145 Å². The topological polar surface area (TPSA) is 114 Å². The summed E-state index contributed by atoms with van der Waals surface area (Å²) in [4.78, 5) is 12.9. The smallest absolute Gasteiger partial charge is 0.147 e. The lowest BCUT2D eigenvalue weighted by molar-refractivity contribution is 0.995. The van der Waals surface area contributed by atoms with Gasteiger partial charge in [-0.05, 0) is 30.3 Å². The van der Waals surface area contributed by atoms with Crippen LogP contribution in [0.5, 0.6) is 0 Å². The van der Waals surface area contributed by atoms with Crippen LogP contribution in [0.25, 0.3) is 11.3 Å². The van der Waals surface area contributed by atoms with Gasteiger partial charge in [0.2, 0.25) is 0 Å². The first kappa shape index (κ1) is 16.1. The zero-order valence-corrected chi connectivity index (χ0v) is 13.4. The summed E-state index contributed by atoms with van der Waals surface area (Å²) in [6.07, 6.45) is 3.39. The van der Waals surface area contributed by atoms with E-state index in [0.29, 0.717) is 29.1 Å². The molecule has 1 aromatic carbocycles. The van der Waals surface area contributed by atoms with E-state index in [1.54, 1.807) is 30.6 Å². The number of nitriles is 1. The molecular formula is C19H16N6. The molecular weight excluding hydrogens is 312 g/mol. The molecule has 0 spiro atoms. The lowest BCUT2D eigenvalue weighted by Gasteiger charge is -2.08. The molecule has 6 nitrogen and oxygen atoms in total. The molecule has 2 aromatic heterocycles. The van der Waals surface area contributed by atoms with Crippen molar-refractivity contribution in [3.63, 3.8) is 0 Å². The van der Waals surface area contributed by atoms with Gasteiger partial charge in [-0.3, -0.25) is 9.98 Å². The Morgan fingerprint density at radius 2 is 2.00 bits per heavy atom. The molecule has 0 aliphatic rings. The van der Waals surface area contributed by atoms with Crippen molar-refractivity contribution in [3.8, 4) is 17.3 Å². The van der Waals surface area contributed by atoms with E-state index >= 15 is 0 Å². The molecule has 25 heavy (non-hydrogen) atoms. The summed E-state index contributed by atoms with van der Waals surface area (Å²) < 4.78 is 0. The highest BCUT2D eigenvalue weighted by Crippen LogP contribution is 2.25. The van der Waals surface area contributed by atoms with Crippen molar-refractivity contribution in [2.45, 2.75) is 6.54 Å². The summed E-state index contributed by atoms with van der Waals surface area (Å²) in [6.45, 7) is 0.446. The van der Waals surface area contributed by atoms with Crippen molar-refractivity contribution in [2.75, 3.05) is 11.5 Å². The summed E-state index contributed by atoms with van der Waals surface area (Å²) >= 11 is 0. The Kier molecular flexibility index (Phi) is 4.67. The highest BCUT2D eigenvalue weighted by atomic mass is 14.9. The molecule has 0 atom stereocenters. The van der Waals surface area contributed by atoms with E-state index in [9.17, 15) is 0 Å². The molecule has 0 saturated heterocycles. The standard InChI is InChI=1S/C19H16N6/c20-10-13-4-3-5-14(8-13)17-9-15(18(21)19(22)25-17)11-23-12-16-6-1-2-7-24-16/h1-9,11H,12,21H2,(H2,22,25). The van der Waals surface area contributed by atoms with Gasteiger partial charge in [-0.2, -0.15) is 5.26 Å². The first-order valence-corrected chi connectivity index (χ1v) is 7.63. The number of anilines is 2. The first-order valence-electron chi connectivity index (χ1n) is 7.63. The summed E-state index contributed by atoms with van der Waals surface area (Å²) in [5, 5.41) is 9.04. The molecule has 0 aliphatic carbocycles. The predicted octanol–water partition coefficient (Wildman–Crippen LogP) is 2.80. The average molecular weight is 328 g/mol. The quantitative estimate of drug-likeness (QED) is 0.715. The second-order valence-electron chi connectivity index (χ2n) is 5.38. The van der Waals surface area contributed by atoms with E-state index in [0.717, 1.165) is 11.3 Å². The van der Waals surface area contributed by atoms with Gasteiger partial charge in [0.15, 0.2) is 0 Å². The van der Waals surface area contributed by atoms with Gasteiger partial charge >= 0.3 is 0 Å². The van der Waals surface area contributed by atoms with Crippen LogP contribution in [0.4, 0.5) is 11.5 Å². The fourth-order valence-electron chi connectivity index (χ4n) is 2.33. The second-order valence-corrected chi connectivity index (χ2v) is 5.38. The molecule has 3 aromatic rings. The van der Waals surface area contributed by atoms with Crippen molar-refractivity contribution in [1.29, 1.82) is 5.26 Å². The molecule has 122 valence electrons. The Morgan fingerprint density at radius 3 is 2.76 bits per heavy atom. The van der Waals surface area contributed by atoms with Crippen LogP contribution in [0.3, 0.4) is 0 Å². The largest absolute Gasteiger partial charge is 0.395 e. The van der Waals surface area contributed by atoms with Crippen molar-refractivity contribution in [1.82, 2.24) is 9.97 Å². The van der Waals surface area contributed by atoms with E-state index in [-0.39, 0.29) is 5.82 Å². The third-order valence-electron chi connectivity index (χ3n) is 3.62. The fraction of sp³-hybridized carbons (Fsp3) is 0.0526. The minimum absolute atomic E-state index is 0.235. The van der Waals surface area contributed by atoms with Gasteiger partial charge in [0, 0.05) is 23.5 Å². The van der Waals surface area contributed by atoms with Crippen LogP contribution < -0.4 is 11.5 Å². The molecule has 2 heterocycles. The molecule has 4 N–H and O–H groups in total. The number of pyridine rings is 2. The third kappa shape index (κ3) is 3.79. The van der Waals surface area contributed by atoms with Gasteiger partial charge in [-0.15, -0.1) is 0 Å². The summed E-state index contributed by atoms with van der Waals surface area (Å²) in [6, 6.07) is 16.8. The van der Waals surface area contributed by atoms with Crippen LogP contribution in [0.15, 0.2) is 59.7 Å². The SMILES string of the molecule is N#Cc1cccc(-c2cc(C=NCc3ccccn3)c(N)c(N)n2)c1. The lowest BCUT2D eigenvalue weighted by atomic mass is 10.1. The first-order chi connectivity index (χ1) is 12.2. The normalized spacial score (nSPS) is 10.7. The van der Waals surface area contributed by atoms with E-state index in [4.69, 9.17) is 16.7 Å². The van der Waals surface area contributed by atoms with Crippen molar-refractivity contribution >= 4 is 17.7 Å². The van der Waals surface area contributed by atoms with Crippen LogP contribution in [0.1, 0.15) is 16.8 Å². The molecule has 3 rings (SSSR count). The maximum atomic E-state index is 9.04. The summed E-state index contributed by atoms with van der Waals surface area (Å²) in [5.74, 6) is 0.235. The van der Waals surface area contributed by atoms with Gasteiger partial charge < -0.3 is 11.5 Å². The van der Waals surface area contributed by atoms with Gasteiger partial charge in [-0.25, -0.2) is 4.98 Å². The number of nitrogen functional groups attached to an aromatic ring is 2. The highest BCUT2D eigenvalue weighted by molar-refractivity contribution is 5.92. The minimum atomic E-state index is 0.235. The van der Waals surface area contributed by atoms with Crippen LogP contribution in [-0.4, -0.2) is 16.2 Å². The molecule has 0 unspecified atom stereocenters. The number of aliphatic imine (C=N–C) groups is 1. The Morgan fingerprint density at radius 1 is 1.12 bits per heavy atom. The van der Waals surface area contributed by atoms with Gasteiger partial charge in [-0.1, -0.05) is 18.2 Å². The number of benzene rings is 1. The van der Waals surface area contributed by atoms with E-state index in [2.05, 4.69) is 21.0 Å². The average Bonchev–Trinajstić information content (AvgIpc) is 2.66. The predicted molar refractivity (Wildman–Crippen MR) is 98.7 cm³/mol.